The van der Waals surface area contributed by atoms with Gasteiger partial charge in [0.05, 0.1) is 12.5 Å². The van der Waals surface area contributed by atoms with Crippen molar-refractivity contribution in [3.05, 3.63) is 16.1 Å². The van der Waals surface area contributed by atoms with Gasteiger partial charge in [-0.1, -0.05) is 13.8 Å². The van der Waals surface area contributed by atoms with E-state index in [-0.39, 0.29) is 18.5 Å². The maximum absolute atomic E-state index is 12.0. The molecule has 0 radical (unpaired) electrons. The number of rotatable bonds is 4. The third-order valence-electron chi connectivity index (χ3n) is 3.56. The maximum Gasteiger partial charge on any atom is 0.317 e. The Balaban J connectivity index is 1.85. The average molecular weight is 297 g/mol. The fraction of sp³-hybridized carbons (Fsp3) is 0.615. The quantitative estimate of drug-likeness (QED) is 0.883. The second-order valence-corrected chi connectivity index (χ2v) is 6.26. The smallest absolute Gasteiger partial charge is 0.317 e. The molecule has 0 spiro atoms. The van der Waals surface area contributed by atoms with Gasteiger partial charge in [-0.25, -0.2) is 9.78 Å². The largest absolute Gasteiger partial charge is 0.481 e. The lowest BCUT2D eigenvalue weighted by atomic mass is 9.99. The SMILES string of the molecule is CCc1cnc(CNC(=O)N2CC(C)C(C(=O)O)C2)s1. The Kier molecular flexibility index (Phi) is 4.59. The Morgan fingerprint density at radius 2 is 2.30 bits per heavy atom. The molecule has 2 atom stereocenters. The average Bonchev–Trinajstić information content (AvgIpc) is 3.02. The maximum atomic E-state index is 12.0. The molecular weight excluding hydrogens is 278 g/mol. The number of carbonyl (C=O) groups is 2. The summed E-state index contributed by atoms with van der Waals surface area (Å²) in [5, 5.41) is 12.7. The molecule has 2 N–H and O–H groups in total. The fourth-order valence-corrected chi connectivity index (χ4v) is 3.11. The van der Waals surface area contributed by atoms with Crippen LogP contribution in [0.2, 0.25) is 0 Å². The molecule has 2 heterocycles. The van der Waals surface area contributed by atoms with Gasteiger partial charge in [-0.15, -0.1) is 11.3 Å². The first kappa shape index (κ1) is 14.8. The Labute approximate surface area is 121 Å². The van der Waals surface area contributed by atoms with Crippen molar-refractivity contribution in [3.8, 4) is 0 Å². The molecule has 1 fully saturated rings. The zero-order valence-corrected chi connectivity index (χ0v) is 12.4. The predicted molar refractivity (Wildman–Crippen MR) is 75.6 cm³/mol. The van der Waals surface area contributed by atoms with E-state index in [9.17, 15) is 9.59 Å². The van der Waals surface area contributed by atoms with E-state index in [1.165, 1.54) is 4.88 Å². The minimum absolute atomic E-state index is 0.00944. The molecular formula is C13H19N3O3S. The molecule has 6 nitrogen and oxygen atoms in total. The highest BCUT2D eigenvalue weighted by Crippen LogP contribution is 2.23. The van der Waals surface area contributed by atoms with Crippen LogP contribution in [-0.4, -0.2) is 40.1 Å². The molecule has 0 saturated carbocycles. The lowest BCUT2D eigenvalue weighted by Gasteiger charge is -2.16. The first-order valence-corrected chi connectivity index (χ1v) is 7.52. The first-order valence-electron chi connectivity index (χ1n) is 6.70. The second kappa shape index (κ2) is 6.21. The van der Waals surface area contributed by atoms with E-state index in [2.05, 4.69) is 17.2 Å². The molecule has 1 saturated heterocycles. The number of carbonyl (C=O) groups excluding carboxylic acids is 1. The summed E-state index contributed by atoms with van der Waals surface area (Å²) in [5.41, 5.74) is 0. The van der Waals surface area contributed by atoms with Crippen LogP contribution in [0.4, 0.5) is 4.79 Å². The third kappa shape index (κ3) is 3.27. The number of nitrogens with zero attached hydrogens (tertiary/aromatic N) is 2. The van der Waals surface area contributed by atoms with Crippen molar-refractivity contribution in [1.29, 1.82) is 0 Å². The van der Waals surface area contributed by atoms with Crippen LogP contribution in [0.3, 0.4) is 0 Å². The zero-order chi connectivity index (χ0) is 14.7. The highest BCUT2D eigenvalue weighted by molar-refractivity contribution is 7.11. The van der Waals surface area contributed by atoms with Crippen molar-refractivity contribution in [2.24, 2.45) is 11.8 Å². The molecule has 1 aromatic rings. The van der Waals surface area contributed by atoms with Gasteiger partial charge in [-0.05, 0) is 12.3 Å². The molecule has 2 unspecified atom stereocenters. The van der Waals surface area contributed by atoms with Crippen molar-refractivity contribution in [2.45, 2.75) is 26.8 Å². The summed E-state index contributed by atoms with van der Waals surface area (Å²) in [6.45, 7) is 5.08. The second-order valence-electron chi connectivity index (χ2n) is 5.06. The number of likely N-dealkylation sites (tertiary alicyclic amines) is 1. The normalized spacial score (nSPS) is 22.0. The summed E-state index contributed by atoms with van der Waals surface area (Å²) in [4.78, 5) is 30.0. The predicted octanol–water partition coefficient (Wildman–Crippen LogP) is 1.57. The van der Waals surface area contributed by atoms with Crippen LogP contribution < -0.4 is 5.32 Å². The summed E-state index contributed by atoms with van der Waals surface area (Å²) in [7, 11) is 0. The minimum Gasteiger partial charge on any atom is -0.481 e. The molecule has 20 heavy (non-hydrogen) atoms. The topological polar surface area (TPSA) is 82.5 Å². The molecule has 0 bridgehead atoms. The fourth-order valence-electron chi connectivity index (χ4n) is 2.31. The lowest BCUT2D eigenvalue weighted by Crippen LogP contribution is -2.38. The lowest BCUT2D eigenvalue weighted by molar-refractivity contribution is -0.142. The molecule has 1 aliphatic rings. The van der Waals surface area contributed by atoms with Gasteiger partial charge in [-0.3, -0.25) is 4.79 Å². The molecule has 0 aromatic carbocycles. The number of carboxylic acid groups (broad SMARTS) is 1. The van der Waals surface area contributed by atoms with Crippen LogP contribution >= 0.6 is 11.3 Å². The Morgan fingerprint density at radius 1 is 1.55 bits per heavy atom. The van der Waals surface area contributed by atoms with E-state index in [1.807, 2.05) is 13.1 Å². The summed E-state index contributed by atoms with van der Waals surface area (Å²) in [6, 6.07) is -0.214. The van der Waals surface area contributed by atoms with E-state index in [0.29, 0.717) is 13.1 Å². The van der Waals surface area contributed by atoms with Gasteiger partial charge >= 0.3 is 12.0 Å². The van der Waals surface area contributed by atoms with Gasteiger partial charge in [0.2, 0.25) is 0 Å². The van der Waals surface area contributed by atoms with E-state index in [0.717, 1.165) is 11.4 Å². The van der Waals surface area contributed by atoms with Crippen LogP contribution in [-0.2, 0) is 17.8 Å². The van der Waals surface area contributed by atoms with Gasteiger partial charge in [-0.2, -0.15) is 0 Å². The first-order chi connectivity index (χ1) is 9.51. The highest BCUT2D eigenvalue weighted by Gasteiger charge is 2.36. The number of urea groups is 1. The summed E-state index contributed by atoms with van der Waals surface area (Å²) in [6.07, 6.45) is 2.76. The number of aryl methyl sites for hydroxylation is 1. The van der Waals surface area contributed by atoms with Crippen LogP contribution in [0.15, 0.2) is 6.20 Å². The van der Waals surface area contributed by atoms with Gasteiger partial charge in [0, 0.05) is 24.2 Å². The Morgan fingerprint density at radius 3 is 2.85 bits per heavy atom. The number of nitrogens with one attached hydrogen (secondary N) is 1. The number of thiazole rings is 1. The van der Waals surface area contributed by atoms with Crippen LogP contribution in [0.1, 0.15) is 23.7 Å². The van der Waals surface area contributed by atoms with Gasteiger partial charge in [0.1, 0.15) is 5.01 Å². The van der Waals surface area contributed by atoms with Gasteiger partial charge < -0.3 is 15.3 Å². The van der Waals surface area contributed by atoms with Gasteiger partial charge in [0.25, 0.3) is 0 Å². The number of hydrogen-bond acceptors (Lipinski definition) is 4. The molecule has 1 aliphatic heterocycles. The monoisotopic (exact) mass is 297 g/mol. The summed E-state index contributed by atoms with van der Waals surface area (Å²) >= 11 is 1.58. The van der Waals surface area contributed by atoms with E-state index >= 15 is 0 Å². The number of amides is 2. The number of carboxylic acids is 1. The van der Waals surface area contributed by atoms with E-state index in [1.54, 1.807) is 16.2 Å². The van der Waals surface area contributed by atoms with Crippen LogP contribution in [0, 0.1) is 11.8 Å². The molecule has 110 valence electrons. The number of hydrogen-bond donors (Lipinski definition) is 2. The molecule has 1 aromatic heterocycles. The van der Waals surface area contributed by atoms with Crippen molar-refractivity contribution in [2.75, 3.05) is 13.1 Å². The molecule has 2 amide bonds. The molecule has 2 rings (SSSR count). The van der Waals surface area contributed by atoms with Crippen molar-refractivity contribution in [3.63, 3.8) is 0 Å². The third-order valence-corrected chi connectivity index (χ3v) is 4.70. The molecule has 0 aliphatic carbocycles. The zero-order valence-electron chi connectivity index (χ0n) is 11.6. The Bertz CT molecular complexity index is 503. The van der Waals surface area contributed by atoms with E-state index < -0.39 is 11.9 Å². The van der Waals surface area contributed by atoms with Crippen LogP contribution in [0.5, 0.6) is 0 Å². The van der Waals surface area contributed by atoms with E-state index in [4.69, 9.17) is 5.11 Å². The van der Waals surface area contributed by atoms with Crippen LogP contribution in [0.25, 0.3) is 0 Å². The molecule has 7 heteroatoms. The van der Waals surface area contributed by atoms with Gasteiger partial charge in [0.15, 0.2) is 0 Å². The standard InChI is InChI=1S/C13H19N3O3S/c1-3-9-4-14-11(20-9)5-15-13(19)16-6-8(2)10(7-16)12(17)18/h4,8,10H,3,5-7H2,1-2H3,(H,15,19)(H,17,18). The highest BCUT2D eigenvalue weighted by atomic mass is 32.1. The summed E-state index contributed by atoms with van der Waals surface area (Å²) < 4.78 is 0. The minimum atomic E-state index is -0.833. The summed E-state index contributed by atoms with van der Waals surface area (Å²) in [5.74, 6) is -1.31. The van der Waals surface area contributed by atoms with Crippen molar-refractivity contribution >= 4 is 23.3 Å². The number of aliphatic carboxylic acids is 1. The van der Waals surface area contributed by atoms with Crippen molar-refractivity contribution in [1.82, 2.24) is 15.2 Å². The Hall–Kier alpha value is -1.63. The number of aromatic nitrogens is 1. The van der Waals surface area contributed by atoms with Crippen molar-refractivity contribution < 1.29 is 14.7 Å².